The molecule has 0 aliphatic carbocycles. The van der Waals surface area contributed by atoms with E-state index >= 15 is 0 Å². The molecule has 0 spiro atoms. The van der Waals surface area contributed by atoms with Crippen molar-refractivity contribution in [2.75, 3.05) is 13.2 Å². The quantitative estimate of drug-likeness (QED) is 0.546. The van der Waals surface area contributed by atoms with Crippen molar-refractivity contribution in [1.29, 1.82) is 0 Å². The Morgan fingerprint density at radius 2 is 1.80 bits per heavy atom. The van der Waals surface area contributed by atoms with Crippen LogP contribution in [0.5, 0.6) is 0 Å². The van der Waals surface area contributed by atoms with Crippen molar-refractivity contribution in [3.8, 4) is 0 Å². The Hall–Kier alpha value is -1.63. The van der Waals surface area contributed by atoms with Crippen LogP contribution in [0, 0.1) is 5.41 Å². The van der Waals surface area contributed by atoms with E-state index < -0.39 is 35.7 Å². The topological polar surface area (TPSA) is 88.1 Å². The Morgan fingerprint density at radius 3 is 2.30 bits per heavy atom. The highest BCUT2D eigenvalue weighted by atomic mass is 16.7. The zero-order valence-corrected chi connectivity index (χ0v) is 12.1. The van der Waals surface area contributed by atoms with Crippen LogP contribution in [0.15, 0.2) is 0 Å². The molecule has 0 aromatic heterocycles. The van der Waals surface area contributed by atoms with E-state index in [4.69, 9.17) is 18.9 Å². The van der Waals surface area contributed by atoms with Gasteiger partial charge in [0, 0.05) is 13.3 Å². The summed E-state index contributed by atoms with van der Waals surface area (Å²) < 4.78 is 20.1. The first-order chi connectivity index (χ1) is 9.35. The summed E-state index contributed by atoms with van der Waals surface area (Å²) in [5.74, 6) is -1.80. The summed E-state index contributed by atoms with van der Waals surface area (Å²) >= 11 is 0. The van der Waals surface area contributed by atoms with Crippen LogP contribution in [-0.4, -0.2) is 43.5 Å². The Morgan fingerprint density at radius 1 is 1.20 bits per heavy atom. The van der Waals surface area contributed by atoms with Crippen LogP contribution in [0.25, 0.3) is 0 Å². The number of hydrogen-bond acceptors (Lipinski definition) is 7. The van der Waals surface area contributed by atoms with Crippen LogP contribution < -0.4 is 0 Å². The van der Waals surface area contributed by atoms with Gasteiger partial charge in [0.05, 0.1) is 13.2 Å². The van der Waals surface area contributed by atoms with E-state index in [0.717, 1.165) is 0 Å². The number of carbonyl (C=O) groups is 3. The zero-order chi connectivity index (χ0) is 15.3. The minimum Gasteiger partial charge on any atom is -0.465 e. The van der Waals surface area contributed by atoms with Crippen molar-refractivity contribution in [2.24, 2.45) is 5.41 Å². The lowest BCUT2D eigenvalue weighted by molar-refractivity contribution is -0.186. The SMILES string of the molecule is CCOC(=O)[C@@H]1O[C@@H](OC(C)=O)CC1(C)C(=O)OCC. The summed E-state index contributed by atoms with van der Waals surface area (Å²) in [6.07, 6.45) is -2.06. The first-order valence-electron chi connectivity index (χ1n) is 6.51. The largest absolute Gasteiger partial charge is 0.465 e. The summed E-state index contributed by atoms with van der Waals surface area (Å²) in [6, 6.07) is 0. The van der Waals surface area contributed by atoms with Crippen LogP contribution in [0.4, 0.5) is 0 Å². The lowest BCUT2D eigenvalue weighted by Gasteiger charge is -2.25. The summed E-state index contributed by atoms with van der Waals surface area (Å²) in [6.45, 7) is 6.43. The molecular weight excluding hydrogens is 268 g/mol. The monoisotopic (exact) mass is 288 g/mol. The average Bonchev–Trinajstić information content (AvgIpc) is 2.67. The molecule has 0 aromatic rings. The smallest absolute Gasteiger partial charge is 0.336 e. The second-order valence-corrected chi connectivity index (χ2v) is 4.65. The molecule has 1 aliphatic rings. The van der Waals surface area contributed by atoms with Gasteiger partial charge in [0.25, 0.3) is 0 Å². The van der Waals surface area contributed by atoms with Crippen molar-refractivity contribution < 1.29 is 33.3 Å². The normalized spacial score (nSPS) is 28.8. The van der Waals surface area contributed by atoms with Crippen molar-refractivity contribution in [3.63, 3.8) is 0 Å². The maximum absolute atomic E-state index is 12.1. The van der Waals surface area contributed by atoms with E-state index in [2.05, 4.69) is 0 Å². The number of esters is 3. The fourth-order valence-corrected chi connectivity index (χ4v) is 2.08. The van der Waals surface area contributed by atoms with Gasteiger partial charge < -0.3 is 18.9 Å². The maximum atomic E-state index is 12.1. The number of carbonyl (C=O) groups excluding carboxylic acids is 3. The summed E-state index contributed by atoms with van der Waals surface area (Å²) in [5.41, 5.74) is -1.23. The van der Waals surface area contributed by atoms with Crippen LogP contribution in [-0.2, 0) is 33.3 Å². The molecule has 0 bridgehead atoms. The first-order valence-corrected chi connectivity index (χ1v) is 6.51. The van der Waals surface area contributed by atoms with Gasteiger partial charge >= 0.3 is 17.9 Å². The van der Waals surface area contributed by atoms with E-state index in [1.54, 1.807) is 13.8 Å². The summed E-state index contributed by atoms with van der Waals surface area (Å²) in [5, 5.41) is 0. The standard InChI is InChI=1S/C13H20O7/c1-5-17-11(15)10-13(4,12(16)18-6-2)7-9(20-10)19-8(3)14/h9-10H,5-7H2,1-4H3/t9-,10+,13?/m1/s1. The molecule has 0 aromatic carbocycles. The molecule has 3 atom stereocenters. The van der Waals surface area contributed by atoms with Crippen LogP contribution in [0.2, 0.25) is 0 Å². The first kappa shape index (κ1) is 16.4. The molecule has 1 aliphatic heterocycles. The lowest BCUT2D eigenvalue weighted by atomic mass is 9.83. The van der Waals surface area contributed by atoms with E-state index in [9.17, 15) is 14.4 Å². The molecule has 0 N–H and O–H groups in total. The van der Waals surface area contributed by atoms with Crippen molar-refractivity contribution in [3.05, 3.63) is 0 Å². The molecule has 0 saturated carbocycles. The van der Waals surface area contributed by atoms with Crippen LogP contribution in [0.3, 0.4) is 0 Å². The van der Waals surface area contributed by atoms with Crippen LogP contribution >= 0.6 is 0 Å². The highest BCUT2D eigenvalue weighted by Crippen LogP contribution is 2.40. The fourth-order valence-electron chi connectivity index (χ4n) is 2.08. The summed E-state index contributed by atoms with van der Waals surface area (Å²) in [4.78, 5) is 34.9. The lowest BCUT2D eigenvalue weighted by Crippen LogP contribution is -2.43. The van der Waals surface area contributed by atoms with Gasteiger partial charge in [-0.1, -0.05) is 0 Å². The fraction of sp³-hybridized carbons (Fsp3) is 0.769. The van der Waals surface area contributed by atoms with Gasteiger partial charge in [0.15, 0.2) is 6.10 Å². The Bertz CT molecular complexity index is 392. The predicted octanol–water partition coefficient (Wildman–Crippen LogP) is 0.797. The Labute approximate surface area is 117 Å². The van der Waals surface area contributed by atoms with Crippen LogP contribution in [0.1, 0.15) is 34.1 Å². The predicted molar refractivity (Wildman–Crippen MR) is 66.4 cm³/mol. The molecule has 7 heteroatoms. The highest BCUT2D eigenvalue weighted by Gasteiger charge is 2.56. The number of rotatable bonds is 5. The number of ether oxygens (including phenoxy) is 4. The molecule has 1 saturated heterocycles. The van der Waals surface area contributed by atoms with Gasteiger partial charge in [-0.05, 0) is 20.8 Å². The minimum absolute atomic E-state index is 0.0505. The van der Waals surface area contributed by atoms with E-state index in [1.165, 1.54) is 13.8 Å². The molecular formula is C13H20O7. The third-order valence-corrected chi connectivity index (χ3v) is 3.00. The minimum atomic E-state index is -1.23. The Balaban J connectivity index is 2.93. The van der Waals surface area contributed by atoms with Gasteiger partial charge in [0.2, 0.25) is 6.29 Å². The van der Waals surface area contributed by atoms with Crippen molar-refractivity contribution in [1.82, 2.24) is 0 Å². The summed E-state index contributed by atoms with van der Waals surface area (Å²) in [7, 11) is 0. The van der Waals surface area contributed by atoms with Gasteiger partial charge in [-0.2, -0.15) is 0 Å². The Kier molecular flexibility index (Phi) is 5.50. The van der Waals surface area contributed by atoms with E-state index in [0.29, 0.717) is 0 Å². The van der Waals surface area contributed by atoms with Gasteiger partial charge in [0.1, 0.15) is 5.41 Å². The van der Waals surface area contributed by atoms with E-state index in [-0.39, 0.29) is 19.6 Å². The third kappa shape index (κ3) is 3.47. The van der Waals surface area contributed by atoms with Gasteiger partial charge in [-0.25, -0.2) is 4.79 Å². The molecule has 0 amide bonds. The molecule has 1 rings (SSSR count). The van der Waals surface area contributed by atoms with Gasteiger partial charge in [-0.15, -0.1) is 0 Å². The third-order valence-electron chi connectivity index (χ3n) is 3.00. The molecule has 114 valence electrons. The maximum Gasteiger partial charge on any atom is 0.336 e. The molecule has 1 fully saturated rings. The van der Waals surface area contributed by atoms with Gasteiger partial charge in [-0.3, -0.25) is 9.59 Å². The van der Waals surface area contributed by atoms with Crippen molar-refractivity contribution in [2.45, 2.75) is 46.5 Å². The molecule has 0 radical (unpaired) electrons. The molecule has 7 nitrogen and oxygen atoms in total. The molecule has 20 heavy (non-hydrogen) atoms. The second kappa shape index (κ2) is 6.69. The van der Waals surface area contributed by atoms with Crippen molar-refractivity contribution >= 4 is 17.9 Å². The second-order valence-electron chi connectivity index (χ2n) is 4.65. The molecule has 1 unspecified atom stereocenters. The number of hydrogen-bond donors (Lipinski definition) is 0. The zero-order valence-electron chi connectivity index (χ0n) is 12.1. The van der Waals surface area contributed by atoms with E-state index in [1.807, 2.05) is 0 Å². The average molecular weight is 288 g/mol. The molecule has 1 heterocycles. The highest BCUT2D eigenvalue weighted by molar-refractivity contribution is 5.87.